The van der Waals surface area contributed by atoms with E-state index in [4.69, 9.17) is 11.2 Å². The van der Waals surface area contributed by atoms with E-state index in [1.165, 1.54) is 4.90 Å². The average Bonchev–Trinajstić information content (AvgIpc) is 2.76. The van der Waals surface area contributed by atoms with Gasteiger partial charge in [-0.2, -0.15) is 0 Å². The minimum atomic E-state index is -1.11. The number of amides is 2. The number of nitrogens with one attached hydrogen (secondary N) is 1. The van der Waals surface area contributed by atoms with Crippen LogP contribution in [0.25, 0.3) is 0 Å². The predicted molar refractivity (Wildman–Crippen MR) is 109 cm³/mol. The maximum Gasteiger partial charge on any atom is 0.299 e. The Kier molecular flexibility index (Phi) is 6.53. The summed E-state index contributed by atoms with van der Waals surface area (Å²) in [4.78, 5) is 27.5. The van der Waals surface area contributed by atoms with Crippen LogP contribution in [0.4, 0.5) is 0 Å². The Morgan fingerprint density at radius 3 is 2.45 bits per heavy atom. The van der Waals surface area contributed by atoms with Crippen molar-refractivity contribution in [2.24, 2.45) is 0 Å². The minimum Gasteiger partial charge on any atom is -0.508 e. The summed E-state index contributed by atoms with van der Waals surface area (Å²) in [7, 11) is 0. The molecule has 0 unspecified atom stereocenters. The van der Waals surface area contributed by atoms with E-state index >= 15 is 0 Å². The number of carbonyl (C=O) groups excluding carboxylic acids is 2. The molecule has 0 spiro atoms. The van der Waals surface area contributed by atoms with Gasteiger partial charge in [-0.3, -0.25) is 9.59 Å². The van der Waals surface area contributed by atoms with Crippen LogP contribution in [-0.2, 0) is 27.4 Å². The van der Waals surface area contributed by atoms with E-state index in [9.17, 15) is 14.7 Å². The van der Waals surface area contributed by atoms with E-state index in [-0.39, 0.29) is 18.2 Å². The number of nitrogens with zero attached hydrogens (tertiary/aromatic N) is 1. The molecular formula is C23H24N2O4. The Labute approximate surface area is 170 Å². The molecule has 1 aliphatic heterocycles. The van der Waals surface area contributed by atoms with Gasteiger partial charge >= 0.3 is 0 Å². The summed E-state index contributed by atoms with van der Waals surface area (Å²) in [6.45, 7) is 1.18. The van der Waals surface area contributed by atoms with E-state index < -0.39 is 11.4 Å². The molecule has 2 N–H and O–H groups in total. The van der Waals surface area contributed by atoms with Gasteiger partial charge in [0.2, 0.25) is 5.91 Å². The van der Waals surface area contributed by atoms with Crippen LogP contribution in [0.2, 0.25) is 0 Å². The van der Waals surface area contributed by atoms with E-state index in [1.54, 1.807) is 24.3 Å². The highest BCUT2D eigenvalue weighted by Gasteiger charge is 2.47. The van der Waals surface area contributed by atoms with Crippen molar-refractivity contribution in [1.29, 1.82) is 0 Å². The predicted octanol–water partition coefficient (Wildman–Crippen LogP) is 2.22. The molecule has 1 saturated heterocycles. The second kappa shape index (κ2) is 9.26. The summed E-state index contributed by atoms with van der Waals surface area (Å²) in [5.74, 6) is 1.42. The van der Waals surface area contributed by atoms with Gasteiger partial charge in [-0.15, -0.1) is 6.42 Å². The van der Waals surface area contributed by atoms with E-state index in [1.807, 2.05) is 30.3 Å². The van der Waals surface area contributed by atoms with Crippen LogP contribution in [0.15, 0.2) is 54.6 Å². The summed E-state index contributed by atoms with van der Waals surface area (Å²) >= 11 is 0. The summed E-state index contributed by atoms with van der Waals surface area (Å²) in [6, 6.07) is 16.2. The minimum absolute atomic E-state index is 0.0881. The molecule has 0 radical (unpaired) electrons. The van der Waals surface area contributed by atoms with Gasteiger partial charge in [-0.05, 0) is 29.2 Å². The Hall–Kier alpha value is -3.30. The summed E-state index contributed by atoms with van der Waals surface area (Å²) < 4.78 is 5.46. The fourth-order valence-electron chi connectivity index (χ4n) is 3.60. The number of benzene rings is 2. The lowest BCUT2D eigenvalue weighted by Crippen LogP contribution is -2.62. The third kappa shape index (κ3) is 4.76. The van der Waals surface area contributed by atoms with Crippen LogP contribution in [0.3, 0.4) is 0 Å². The fraction of sp³-hybridized carbons (Fsp3) is 0.304. The summed E-state index contributed by atoms with van der Waals surface area (Å²) in [5.41, 5.74) is 0.545. The van der Waals surface area contributed by atoms with Crippen molar-refractivity contribution >= 4 is 11.8 Å². The maximum atomic E-state index is 13.3. The summed E-state index contributed by atoms with van der Waals surface area (Å²) in [5, 5.41) is 12.7. The highest BCUT2D eigenvalue weighted by atomic mass is 16.5. The van der Waals surface area contributed by atoms with Gasteiger partial charge < -0.3 is 20.1 Å². The molecule has 2 aromatic carbocycles. The standard InChI is InChI=1S/C23H24N2O4/c1-2-21(27)25(17-19-9-6-10-20(26)15-19)23(11-13-29-14-12-23)22(28)24-16-18-7-4-3-5-8-18/h1,3-10,15,26H,11-14,16-17H2,(H,24,28). The van der Waals surface area contributed by atoms with Crippen molar-refractivity contribution in [3.63, 3.8) is 0 Å². The van der Waals surface area contributed by atoms with Gasteiger partial charge in [0.15, 0.2) is 0 Å². The normalized spacial score (nSPS) is 15.1. The highest BCUT2D eigenvalue weighted by molar-refractivity contribution is 5.98. The molecule has 6 nitrogen and oxygen atoms in total. The molecule has 0 bridgehead atoms. The van der Waals surface area contributed by atoms with Crippen molar-refractivity contribution < 1.29 is 19.4 Å². The number of hydrogen-bond donors (Lipinski definition) is 2. The lowest BCUT2D eigenvalue weighted by molar-refractivity contribution is -0.152. The van der Waals surface area contributed by atoms with Crippen molar-refractivity contribution in [3.05, 3.63) is 65.7 Å². The monoisotopic (exact) mass is 392 g/mol. The molecule has 6 heteroatoms. The third-order valence-corrected chi connectivity index (χ3v) is 5.18. The van der Waals surface area contributed by atoms with Crippen molar-refractivity contribution in [2.45, 2.75) is 31.5 Å². The van der Waals surface area contributed by atoms with Crippen molar-refractivity contribution in [2.75, 3.05) is 13.2 Å². The second-order valence-electron chi connectivity index (χ2n) is 7.02. The van der Waals surface area contributed by atoms with Gasteiger partial charge in [0.25, 0.3) is 5.91 Å². The molecule has 0 saturated carbocycles. The Morgan fingerprint density at radius 2 is 1.79 bits per heavy atom. The molecule has 2 aromatic rings. The quantitative estimate of drug-likeness (QED) is 0.739. The Balaban J connectivity index is 1.88. The number of terminal acetylenes is 1. The van der Waals surface area contributed by atoms with Gasteiger partial charge in [0.05, 0.1) is 0 Å². The number of carbonyl (C=O) groups is 2. The van der Waals surface area contributed by atoms with E-state index in [2.05, 4.69) is 11.2 Å². The van der Waals surface area contributed by atoms with Gasteiger partial charge in [-0.25, -0.2) is 0 Å². The lowest BCUT2D eigenvalue weighted by Gasteiger charge is -2.44. The number of hydrogen-bond acceptors (Lipinski definition) is 4. The molecule has 0 aromatic heterocycles. The number of phenolic OH excluding ortho intramolecular Hbond substituents is 1. The first-order valence-corrected chi connectivity index (χ1v) is 9.51. The third-order valence-electron chi connectivity index (χ3n) is 5.18. The van der Waals surface area contributed by atoms with Crippen LogP contribution in [0.5, 0.6) is 5.75 Å². The van der Waals surface area contributed by atoms with Gasteiger partial charge in [-0.1, -0.05) is 42.5 Å². The molecule has 29 heavy (non-hydrogen) atoms. The zero-order valence-electron chi connectivity index (χ0n) is 16.1. The van der Waals surface area contributed by atoms with Crippen molar-refractivity contribution in [3.8, 4) is 18.1 Å². The second-order valence-corrected chi connectivity index (χ2v) is 7.02. The van der Waals surface area contributed by atoms with Crippen LogP contribution < -0.4 is 5.32 Å². The van der Waals surface area contributed by atoms with Gasteiger partial charge in [0.1, 0.15) is 11.3 Å². The van der Waals surface area contributed by atoms with Crippen LogP contribution in [0, 0.1) is 12.3 Å². The summed E-state index contributed by atoms with van der Waals surface area (Å²) in [6.07, 6.45) is 6.13. The maximum absolute atomic E-state index is 13.3. The molecule has 0 atom stereocenters. The van der Waals surface area contributed by atoms with Crippen LogP contribution in [-0.4, -0.2) is 40.6 Å². The number of phenols is 1. The molecule has 150 valence electrons. The first-order valence-electron chi connectivity index (χ1n) is 9.51. The first kappa shape index (κ1) is 20.4. The topological polar surface area (TPSA) is 78.9 Å². The highest BCUT2D eigenvalue weighted by Crippen LogP contribution is 2.31. The number of ether oxygens (including phenoxy) is 1. The van der Waals surface area contributed by atoms with Crippen LogP contribution >= 0.6 is 0 Å². The van der Waals surface area contributed by atoms with E-state index in [0.717, 1.165) is 5.56 Å². The first-order chi connectivity index (χ1) is 14.0. The van der Waals surface area contributed by atoms with Crippen LogP contribution in [0.1, 0.15) is 24.0 Å². The SMILES string of the molecule is C#CC(=O)N(Cc1cccc(O)c1)C1(C(=O)NCc2ccccc2)CCOCC1. The zero-order valence-corrected chi connectivity index (χ0v) is 16.1. The number of rotatable bonds is 6. The molecule has 1 heterocycles. The van der Waals surface area contributed by atoms with Gasteiger partial charge in [0, 0.05) is 39.1 Å². The average molecular weight is 392 g/mol. The van der Waals surface area contributed by atoms with Crippen molar-refractivity contribution in [1.82, 2.24) is 10.2 Å². The Morgan fingerprint density at radius 1 is 1.10 bits per heavy atom. The van der Waals surface area contributed by atoms with E-state index in [0.29, 0.717) is 38.2 Å². The smallest absolute Gasteiger partial charge is 0.299 e. The fourth-order valence-corrected chi connectivity index (χ4v) is 3.60. The molecule has 1 aliphatic rings. The molecule has 2 amide bonds. The molecular weight excluding hydrogens is 368 g/mol. The zero-order chi connectivity index (χ0) is 20.7. The Bertz CT molecular complexity index is 899. The largest absolute Gasteiger partial charge is 0.508 e. The molecule has 1 fully saturated rings. The molecule has 3 rings (SSSR count). The molecule has 0 aliphatic carbocycles. The number of aromatic hydroxyl groups is 1. The lowest BCUT2D eigenvalue weighted by atomic mass is 9.86.